The maximum Gasteiger partial charge on any atom is 0.276 e. The SMILES string of the molecule is O=C(NOCc1ccccc1)c1cc(Cl)ccc1S. The van der Waals surface area contributed by atoms with E-state index in [4.69, 9.17) is 16.4 Å². The Bertz CT molecular complexity index is 575. The summed E-state index contributed by atoms with van der Waals surface area (Å²) in [4.78, 5) is 17.6. The fourth-order valence-corrected chi connectivity index (χ4v) is 1.92. The fraction of sp³-hybridized carbons (Fsp3) is 0.0714. The number of rotatable bonds is 4. The summed E-state index contributed by atoms with van der Waals surface area (Å²) in [7, 11) is 0. The summed E-state index contributed by atoms with van der Waals surface area (Å²) in [6.45, 7) is 0.301. The average molecular weight is 294 g/mol. The highest BCUT2D eigenvalue weighted by Gasteiger charge is 2.10. The van der Waals surface area contributed by atoms with E-state index in [1.54, 1.807) is 18.2 Å². The number of nitrogens with one attached hydrogen (secondary N) is 1. The lowest BCUT2D eigenvalue weighted by molar-refractivity contribution is 0.0231. The molecule has 1 N–H and O–H groups in total. The van der Waals surface area contributed by atoms with Crippen LogP contribution in [0.25, 0.3) is 0 Å². The summed E-state index contributed by atoms with van der Waals surface area (Å²) in [5, 5.41) is 0.478. The number of halogens is 1. The largest absolute Gasteiger partial charge is 0.276 e. The van der Waals surface area contributed by atoms with Gasteiger partial charge in [-0.3, -0.25) is 9.63 Å². The summed E-state index contributed by atoms with van der Waals surface area (Å²) in [6.07, 6.45) is 0. The summed E-state index contributed by atoms with van der Waals surface area (Å²) in [6, 6.07) is 14.4. The van der Waals surface area contributed by atoms with E-state index in [0.717, 1.165) is 5.56 Å². The standard InChI is InChI=1S/C14H12ClNO2S/c15-11-6-7-13(19)12(8-11)14(17)16-18-9-10-4-2-1-3-5-10/h1-8,19H,9H2,(H,16,17). The summed E-state index contributed by atoms with van der Waals surface area (Å²) in [5.41, 5.74) is 3.72. The van der Waals surface area contributed by atoms with Gasteiger partial charge in [-0.2, -0.15) is 0 Å². The van der Waals surface area contributed by atoms with Crippen molar-refractivity contribution in [3.05, 3.63) is 64.7 Å². The second-order valence-corrected chi connectivity index (χ2v) is 4.79. The molecule has 3 nitrogen and oxygen atoms in total. The van der Waals surface area contributed by atoms with E-state index in [9.17, 15) is 4.79 Å². The van der Waals surface area contributed by atoms with E-state index < -0.39 is 0 Å². The third kappa shape index (κ3) is 3.99. The third-order valence-corrected chi connectivity index (χ3v) is 3.07. The molecule has 0 unspecified atom stereocenters. The Labute approximate surface area is 121 Å². The van der Waals surface area contributed by atoms with Gasteiger partial charge in [-0.05, 0) is 23.8 Å². The monoisotopic (exact) mass is 293 g/mol. The van der Waals surface area contributed by atoms with Gasteiger partial charge in [-0.25, -0.2) is 5.48 Å². The zero-order valence-electron chi connectivity index (χ0n) is 9.97. The quantitative estimate of drug-likeness (QED) is 0.669. The zero-order chi connectivity index (χ0) is 13.7. The normalized spacial score (nSPS) is 10.2. The van der Waals surface area contributed by atoms with Crippen LogP contribution in [0.4, 0.5) is 0 Å². The number of hydroxylamine groups is 1. The Morgan fingerprint density at radius 1 is 1.21 bits per heavy atom. The van der Waals surface area contributed by atoms with Crippen molar-refractivity contribution in [1.29, 1.82) is 0 Å². The van der Waals surface area contributed by atoms with Crippen LogP contribution in [0, 0.1) is 0 Å². The van der Waals surface area contributed by atoms with E-state index >= 15 is 0 Å². The van der Waals surface area contributed by atoms with Crippen LogP contribution in [0.15, 0.2) is 53.4 Å². The van der Waals surface area contributed by atoms with Crippen LogP contribution in [0.2, 0.25) is 5.02 Å². The van der Waals surface area contributed by atoms with Crippen molar-refractivity contribution in [2.24, 2.45) is 0 Å². The number of hydrogen-bond donors (Lipinski definition) is 2. The maximum absolute atomic E-state index is 11.9. The van der Waals surface area contributed by atoms with Gasteiger partial charge in [0, 0.05) is 9.92 Å². The van der Waals surface area contributed by atoms with Crippen molar-refractivity contribution in [1.82, 2.24) is 5.48 Å². The average Bonchev–Trinajstić information content (AvgIpc) is 2.42. The number of benzene rings is 2. The van der Waals surface area contributed by atoms with Crippen molar-refractivity contribution in [2.75, 3.05) is 0 Å². The molecule has 0 saturated carbocycles. The minimum atomic E-state index is -0.372. The van der Waals surface area contributed by atoms with E-state index in [0.29, 0.717) is 22.1 Å². The molecule has 2 rings (SSSR count). The number of hydrogen-bond acceptors (Lipinski definition) is 3. The van der Waals surface area contributed by atoms with Gasteiger partial charge in [0.1, 0.15) is 0 Å². The van der Waals surface area contributed by atoms with Crippen molar-refractivity contribution in [3.63, 3.8) is 0 Å². The van der Waals surface area contributed by atoms with E-state index in [1.807, 2.05) is 30.3 Å². The Balaban J connectivity index is 1.93. The molecule has 0 aliphatic heterocycles. The second kappa shape index (κ2) is 6.61. The van der Waals surface area contributed by atoms with Gasteiger partial charge < -0.3 is 0 Å². The van der Waals surface area contributed by atoms with E-state index in [1.165, 1.54) is 0 Å². The van der Waals surface area contributed by atoms with Crippen molar-refractivity contribution < 1.29 is 9.63 Å². The minimum absolute atomic E-state index is 0.301. The van der Waals surface area contributed by atoms with Crippen LogP contribution < -0.4 is 5.48 Å². The smallest absolute Gasteiger partial charge is 0.269 e. The molecule has 0 bridgehead atoms. The highest BCUT2D eigenvalue weighted by Crippen LogP contribution is 2.19. The maximum atomic E-state index is 11.9. The predicted octanol–water partition coefficient (Wildman–Crippen LogP) is 3.49. The number of thiol groups is 1. The molecule has 5 heteroatoms. The highest BCUT2D eigenvalue weighted by molar-refractivity contribution is 7.80. The molecule has 19 heavy (non-hydrogen) atoms. The van der Waals surface area contributed by atoms with Crippen LogP contribution in [0.5, 0.6) is 0 Å². The molecule has 2 aromatic carbocycles. The number of amides is 1. The van der Waals surface area contributed by atoms with Gasteiger partial charge in [0.2, 0.25) is 0 Å². The lowest BCUT2D eigenvalue weighted by Gasteiger charge is -2.08. The summed E-state index contributed by atoms with van der Waals surface area (Å²) >= 11 is 10.0. The highest BCUT2D eigenvalue weighted by atomic mass is 35.5. The van der Waals surface area contributed by atoms with Crippen molar-refractivity contribution in [3.8, 4) is 0 Å². The fourth-order valence-electron chi connectivity index (χ4n) is 1.50. The molecule has 0 spiro atoms. The van der Waals surface area contributed by atoms with Gasteiger partial charge in [-0.1, -0.05) is 41.9 Å². The van der Waals surface area contributed by atoms with Crippen LogP contribution in [-0.4, -0.2) is 5.91 Å². The van der Waals surface area contributed by atoms with E-state index in [2.05, 4.69) is 18.1 Å². The molecule has 0 fully saturated rings. The molecule has 0 radical (unpaired) electrons. The van der Waals surface area contributed by atoms with Crippen LogP contribution in [0.1, 0.15) is 15.9 Å². The van der Waals surface area contributed by atoms with Crippen LogP contribution >= 0.6 is 24.2 Å². The molecule has 0 saturated heterocycles. The molecule has 0 aliphatic carbocycles. The first-order chi connectivity index (χ1) is 9.16. The second-order valence-electron chi connectivity index (χ2n) is 3.87. The lowest BCUT2D eigenvalue weighted by Crippen LogP contribution is -2.24. The number of carbonyl (C=O) groups excluding carboxylic acids is 1. The van der Waals surface area contributed by atoms with Crippen LogP contribution in [-0.2, 0) is 11.4 Å². The third-order valence-electron chi connectivity index (χ3n) is 2.45. The molecule has 0 atom stereocenters. The summed E-state index contributed by atoms with van der Waals surface area (Å²) in [5.74, 6) is -0.372. The predicted molar refractivity (Wildman–Crippen MR) is 77.4 cm³/mol. The molecular formula is C14H12ClNO2S. The van der Waals surface area contributed by atoms with Crippen LogP contribution in [0.3, 0.4) is 0 Å². The Hall–Kier alpha value is -1.49. The Morgan fingerprint density at radius 3 is 2.68 bits per heavy atom. The molecule has 98 valence electrons. The topological polar surface area (TPSA) is 38.3 Å². The van der Waals surface area contributed by atoms with Crippen molar-refractivity contribution in [2.45, 2.75) is 11.5 Å². The Kier molecular flexibility index (Phi) is 4.85. The van der Waals surface area contributed by atoms with Crippen molar-refractivity contribution >= 4 is 30.1 Å². The molecule has 2 aromatic rings. The molecule has 0 aromatic heterocycles. The van der Waals surface area contributed by atoms with Gasteiger partial charge >= 0.3 is 0 Å². The zero-order valence-corrected chi connectivity index (χ0v) is 11.6. The summed E-state index contributed by atoms with van der Waals surface area (Å²) < 4.78 is 0. The van der Waals surface area contributed by atoms with Gasteiger partial charge in [-0.15, -0.1) is 12.6 Å². The number of carbonyl (C=O) groups is 1. The van der Waals surface area contributed by atoms with Gasteiger partial charge in [0.25, 0.3) is 5.91 Å². The first-order valence-corrected chi connectivity index (χ1v) is 6.44. The molecule has 1 amide bonds. The minimum Gasteiger partial charge on any atom is -0.269 e. The van der Waals surface area contributed by atoms with E-state index in [-0.39, 0.29) is 5.91 Å². The molecular weight excluding hydrogens is 282 g/mol. The lowest BCUT2D eigenvalue weighted by atomic mass is 10.2. The first kappa shape index (κ1) is 13.9. The first-order valence-electron chi connectivity index (χ1n) is 5.61. The van der Waals surface area contributed by atoms with Gasteiger partial charge in [0.05, 0.1) is 12.2 Å². The van der Waals surface area contributed by atoms with Gasteiger partial charge in [0.15, 0.2) is 0 Å². The molecule has 0 aliphatic rings. The Morgan fingerprint density at radius 2 is 1.95 bits per heavy atom. The molecule has 0 heterocycles.